The van der Waals surface area contributed by atoms with E-state index in [0.29, 0.717) is 12.8 Å². The molecule has 1 aromatic rings. The number of nitrogens with zero attached hydrogens (tertiary/aromatic N) is 1. The summed E-state index contributed by atoms with van der Waals surface area (Å²) in [5.41, 5.74) is -1.34. The average Bonchev–Trinajstić information content (AvgIpc) is 3.36. The summed E-state index contributed by atoms with van der Waals surface area (Å²) >= 11 is 1.50. The van der Waals surface area contributed by atoms with Gasteiger partial charge in [0.05, 0.1) is 11.9 Å². The Balaban J connectivity index is 0.00000529. The molecule has 0 aliphatic heterocycles. The van der Waals surface area contributed by atoms with Gasteiger partial charge in [-0.3, -0.25) is 9.59 Å². The van der Waals surface area contributed by atoms with Crippen molar-refractivity contribution >= 4 is 23.5 Å². The number of rotatable bonds is 14. The topological polar surface area (TPSA) is 67.5 Å². The van der Waals surface area contributed by atoms with E-state index >= 15 is 0 Å². The van der Waals surface area contributed by atoms with Crippen molar-refractivity contribution in [3.8, 4) is 0 Å². The van der Waals surface area contributed by atoms with Gasteiger partial charge in [-0.25, -0.2) is 4.57 Å². The minimum atomic E-state index is -0.645. The predicted molar refractivity (Wildman–Crippen MR) is 175 cm³/mol. The molecule has 8 atom stereocenters. The summed E-state index contributed by atoms with van der Waals surface area (Å²) in [5.74, 6) is 0.267. The number of aliphatic hydroxyl groups is 1. The van der Waals surface area contributed by atoms with Crippen molar-refractivity contribution in [1.29, 1.82) is 0 Å². The number of esters is 1. The molecule has 5 nitrogen and oxygen atoms in total. The van der Waals surface area contributed by atoms with E-state index in [-0.39, 0.29) is 64.7 Å². The van der Waals surface area contributed by atoms with Crippen LogP contribution < -0.4 is 28.5 Å². The number of ether oxygens (including phenoxy) is 1. The number of carbonyl (C=O) groups excluding carboxylic acids is 2. The lowest BCUT2D eigenvalue weighted by Gasteiger charge is -2.61. The van der Waals surface area contributed by atoms with Crippen LogP contribution in [0.3, 0.4) is 0 Å². The maximum absolute atomic E-state index is 13.6. The molecular formula is C37H58INO4S. The van der Waals surface area contributed by atoms with Crippen molar-refractivity contribution in [3.63, 3.8) is 0 Å². The number of thioether (sulfide) groups is 1. The minimum Gasteiger partial charge on any atom is -1.00 e. The van der Waals surface area contributed by atoms with Crippen molar-refractivity contribution in [2.75, 3.05) is 5.75 Å². The highest BCUT2D eigenvalue weighted by Crippen LogP contribution is 2.68. The molecule has 1 heterocycles. The van der Waals surface area contributed by atoms with E-state index in [0.717, 1.165) is 30.7 Å². The van der Waals surface area contributed by atoms with E-state index in [1.165, 1.54) is 63.1 Å². The van der Waals surface area contributed by atoms with Crippen LogP contribution in [0.1, 0.15) is 118 Å². The number of hydrogen-bond acceptors (Lipinski definition) is 5. The SMILES string of the molecule is C=C[C@]1(C)C[C@@H](OC(=O)CSc2cc[n+](CCCCCCCCCC)cc2)[C@]2(C)[C@H](C)CC[C@]3(CCC(=O)[C@H]32)[C@@H](C)[C@@H]1O.[I-]. The molecule has 0 radical (unpaired) electrons. The van der Waals surface area contributed by atoms with Gasteiger partial charge in [0.15, 0.2) is 12.4 Å². The first kappa shape index (κ1) is 37.5. The van der Waals surface area contributed by atoms with Crippen LogP contribution in [-0.4, -0.2) is 34.8 Å². The van der Waals surface area contributed by atoms with E-state index in [1.807, 2.05) is 13.0 Å². The molecule has 0 unspecified atom stereocenters. The highest BCUT2D eigenvalue weighted by molar-refractivity contribution is 8.00. The first-order valence-corrected chi connectivity index (χ1v) is 18.2. The van der Waals surface area contributed by atoms with Crippen molar-refractivity contribution in [1.82, 2.24) is 0 Å². The maximum Gasteiger partial charge on any atom is 0.316 e. The first-order valence-electron chi connectivity index (χ1n) is 17.2. The van der Waals surface area contributed by atoms with Gasteiger partial charge in [-0.1, -0.05) is 79.2 Å². The van der Waals surface area contributed by atoms with E-state index in [9.17, 15) is 14.7 Å². The summed E-state index contributed by atoms with van der Waals surface area (Å²) in [4.78, 5) is 28.1. The largest absolute Gasteiger partial charge is 1.00 e. The van der Waals surface area contributed by atoms with Crippen molar-refractivity contribution in [2.24, 2.45) is 34.0 Å². The van der Waals surface area contributed by atoms with Crippen LogP contribution in [-0.2, 0) is 20.9 Å². The molecule has 2 bridgehead atoms. The lowest BCUT2D eigenvalue weighted by Crippen LogP contribution is -3.00. The van der Waals surface area contributed by atoms with Crippen molar-refractivity contribution < 1.29 is 48.0 Å². The molecule has 44 heavy (non-hydrogen) atoms. The smallest absolute Gasteiger partial charge is 0.316 e. The summed E-state index contributed by atoms with van der Waals surface area (Å²) in [7, 11) is 0. The van der Waals surface area contributed by atoms with Crippen molar-refractivity contribution in [2.45, 2.75) is 142 Å². The van der Waals surface area contributed by atoms with E-state index in [2.05, 4.69) is 63.4 Å². The van der Waals surface area contributed by atoms with Crippen LogP contribution in [0.25, 0.3) is 0 Å². The molecule has 3 fully saturated rings. The number of aliphatic hydroxyl groups excluding tert-OH is 1. The normalized spacial score (nSPS) is 34.8. The molecule has 1 aromatic heterocycles. The maximum atomic E-state index is 13.6. The van der Waals surface area contributed by atoms with Gasteiger partial charge in [0.25, 0.3) is 0 Å². The highest BCUT2D eigenvalue weighted by atomic mass is 127. The third-order valence-corrected chi connectivity index (χ3v) is 13.0. The van der Waals surface area contributed by atoms with E-state index in [4.69, 9.17) is 4.74 Å². The Hall–Kier alpha value is -0.930. The standard InChI is InChI=1S/C37H58NO4S.HI/c1-7-9-10-11-12-13-14-15-22-38-23-18-29(19-24-38)43-26-32(40)42-31-25-35(5,8-2)34(41)28(4)37-20-16-27(3)36(31,6)33(37)30(39)17-21-37;/h8,18-19,23-24,27-28,31,33-34,41H,2,7,9-17,20-22,25-26H2,1,3-6H3;1H/q+1;/p-1/t27-,28+,31-,33+,34+,35-,36+,37+;/m1./s1. The molecule has 248 valence electrons. The number of carbonyl (C=O) groups is 2. The molecule has 1 N–H and O–H groups in total. The summed E-state index contributed by atoms with van der Waals surface area (Å²) < 4.78 is 8.63. The molecule has 0 amide bonds. The van der Waals surface area contributed by atoms with Gasteiger partial charge in [0.2, 0.25) is 0 Å². The quantitative estimate of drug-likeness (QED) is 0.0718. The second-order valence-electron chi connectivity index (χ2n) is 14.6. The fourth-order valence-electron chi connectivity index (χ4n) is 8.95. The number of pyridine rings is 1. The Bertz CT molecular complexity index is 1110. The van der Waals surface area contributed by atoms with Crippen LogP contribution in [0.15, 0.2) is 42.1 Å². The lowest BCUT2D eigenvalue weighted by atomic mass is 9.44. The van der Waals surface area contributed by atoms with Gasteiger partial charge in [0.1, 0.15) is 18.4 Å². The summed E-state index contributed by atoms with van der Waals surface area (Å²) in [6.07, 6.45) is 19.3. The number of unbranched alkanes of at least 4 members (excludes halogenated alkanes) is 7. The average molecular weight is 740 g/mol. The van der Waals surface area contributed by atoms with Gasteiger partial charge in [-0.05, 0) is 49.4 Å². The second kappa shape index (κ2) is 16.3. The van der Waals surface area contributed by atoms with Gasteiger partial charge < -0.3 is 33.8 Å². The van der Waals surface area contributed by atoms with Crippen LogP contribution in [0, 0.1) is 34.0 Å². The van der Waals surface area contributed by atoms with Crippen LogP contribution in [0.4, 0.5) is 0 Å². The fraction of sp³-hybridized carbons (Fsp3) is 0.757. The minimum absolute atomic E-state index is 0. The lowest BCUT2D eigenvalue weighted by molar-refractivity contribution is -0.697. The molecule has 0 aromatic carbocycles. The molecule has 0 saturated heterocycles. The zero-order valence-electron chi connectivity index (χ0n) is 28.0. The zero-order chi connectivity index (χ0) is 31.3. The molecule has 7 heteroatoms. The van der Waals surface area contributed by atoms with E-state index in [1.54, 1.807) is 0 Å². The Morgan fingerprint density at radius 3 is 2.36 bits per heavy atom. The van der Waals surface area contributed by atoms with Gasteiger partial charge in [0, 0.05) is 46.6 Å². The molecule has 4 rings (SSSR count). The summed E-state index contributed by atoms with van der Waals surface area (Å²) in [6, 6.07) is 4.17. The Labute approximate surface area is 288 Å². The van der Waals surface area contributed by atoms with Crippen LogP contribution in [0.2, 0.25) is 0 Å². The molecule has 3 saturated carbocycles. The van der Waals surface area contributed by atoms with Crippen LogP contribution >= 0.6 is 11.8 Å². The van der Waals surface area contributed by atoms with Gasteiger partial charge in [-0.15, -0.1) is 18.3 Å². The number of hydrogen-bond donors (Lipinski definition) is 1. The number of halogens is 1. The predicted octanol–water partition coefficient (Wildman–Crippen LogP) is 5.12. The summed E-state index contributed by atoms with van der Waals surface area (Å²) in [6.45, 7) is 16.0. The second-order valence-corrected chi connectivity index (χ2v) is 15.6. The molecule has 0 spiro atoms. The molecular weight excluding hydrogens is 681 g/mol. The number of aryl methyl sites for hydroxylation is 1. The first-order chi connectivity index (χ1) is 20.5. The van der Waals surface area contributed by atoms with Crippen molar-refractivity contribution in [3.05, 3.63) is 37.2 Å². The monoisotopic (exact) mass is 739 g/mol. The third-order valence-electron chi connectivity index (χ3n) is 12.1. The fourth-order valence-corrected chi connectivity index (χ4v) is 9.62. The third kappa shape index (κ3) is 7.78. The highest BCUT2D eigenvalue weighted by Gasteiger charge is 2.68. The Morgan fingerprint density at radius 2 is 1.73 bits per heavy atom. The van der Waals surface area contributed by atoms with Crippen LogP contribution in [0.5, 0.6) is 0 Å². The Morgan fingerprint density at radius 1 is 1.09 bits per heavy atom. The number of Topliss-reactive ketones (excluding diaryl/α,β-unsaturated/α-hetero) is 1. The van der Waals surface area contributed by atoms with E-state index < -0.39 is 23.0 Å². The number of ketones is 1. The van der Waals surface area contributed by atoms with Gasteiger partial charge in [-0.2, -0.15) is 0 Å². The number of aromatic nitrogens is 1. The zero-order valence-corrected chi connectivity index (χ0v) is 31.0. The molecule has 3 aliphatic rings. The molecule has 3 aliphatic carbocycles. The Kier molecular flexibility index (Phi) is 13.9. The summed E-state index contributed by atoms with van der Waals surface area (Å²) in [5, 5.41) is 11.7. The van der Waals surface area contributed by atoms with Gasteiger partial charge >= 0.3 is 5.97 Å².